The molecule has 0 aliphatic carbocycles. The molecule has 1 aliphatic rings. The number of nitrogens with zero attached hydrogens (tertiary/aromatic N) is 5. The molecule has 2 aromatic rings. The van der Waals surface area contributed by atoms with Gasteiger partial charge in [0, 0.05) is 39.3 Å². The number of rotatable bonds is 8. The van der Waals surface area contributed by atoms with Gasteiger partial charge in [-0.3, -0.25) is 4.90 Å². The zero-order valence-electron chi connectivity index (χ0n) is 15.5. The van der Waals surface area contributed by atoms with E-state index in [1.165, 1.54) is 5.56 Å². The Labute approximate surface area is 156 Å². The molecule has 26 heavy (non-hydrogen) atoms. The Balaban J connectivity index is 1.46. The highest BCUT2D eigenvalue weighted by Crippen LogP contribution is 2.14. The van der Waals surface area contributed by atoms with Crippen LogP contribution in [-0.2, 0) is 0 Å². The summed E-state index contributed by atoms with van der Waals surface area (Å²) in [5.74, 6) is 1.54. The number of hydrogen-bond donors (Lipinski definition) is 1. The summed E-state index contributed by atoms with van der Waals surface area (Å²) in [5, 5.41) is 11.4. The van der Waals surface area contributed by atoms with Crippen molar-refractivity contribution in [2.45, 2.75) is 19.8 Å². The van der Waals surface area contributed by atoms with E-state index in [0.717, 1.165) is 57.9 Å². The molecule has 0 bridgehead atoms. The molecule has 1 aliphatic heterocycles. The van der Waals surface area contributed by atoms with Crippen LogP contribution < -0.4 is 10.2 Å². The van der Waals surface area contributed by atoms with E-state index in [-0.39, 0.29) is 0 Å². The third-order valence-corrected chi connectivity index (χ3v) is 4.53. The lowest BCUT2D eigenvalue weighted by molar-refractivity contribution is 0.283. The number of anilines is 2. The number of unbranched alkanes of at least 4 members (excludes halogenated alkanes) is 1. The molecule has 1 aromatic carbocycles. The van der Waals surface area contributed by atoms with E-state index in [1.54, 1.807) is 6.20 Å². The summed E-state index contributed by atoms with van der Waals surface area (Å²) in [7, 11) is 0. The first-order valence-corrected chi connectivity index (χ1v) is 9.47. The summed E-state index contributed by atoms with van der Waals surface area (Å²) in [6.45, 7) is 8.03. The highest BCUT2D eigenvalue weighted by atomic mass is 15.3. The summed E-state index contributed by atoms with van der Waals surface area (Å²) in [6, 6.07) is 10.4. The minimum atomic E-state index is 0.629. The molecule has 0 radical (unpaired) electrons. The molecule has 2 heterocycles. The monoisotopic (exact) mass is 352 g/mol. The SMILES string of the molecule is CCCCNc1nncc(N2CCN(C/C=C/c3ccccc3)CC2)n1. The van der Waals surface area contributed by atoms with Gasteiger partial charge in [0.2, 0.25) is 5.95 Å². The summed E-state index contributed by atoms with van der Waals surface area (Å²) in [6.07, 6.45) is 8.46. The van der Waals surface area contributed by atoms with Crippen LogP contribution in [0.5, 0.6) is 0 Å². The number of aromatic nitrogens is 3. The minimum absolute atomic E-state index is 0.629. The fraction of sp³-hybridized carbons (Fsp3) is 0.450. The molecule has 1 saturated heterocycles. The van der Waals surface area contributed by atoms with Gasteiger partial charge in [-0.25, -0.2) is 0 Å². The number of hydrogen-bond acceptors (Lipinski definition) is 6. The van der Waals surface area contributed by atoms with Gasteiger partial charge in [0.05, 0.1) is 6.20 Å². The second-order valence-electron chi connectivity index (χ2n) is 6.52. The van der Waals surface area contributed by atoms with Gasteiger partial charge in [-0.15, -0.1) is 5.10 Å². The molecule has 6 nitrogen and oxygen atoms in total. The lowest BCUT2D eigenvalue weighted by Crippen LogP contribution is -2.46. The first kappa shape index (κ1) is 18.3. The molecule has 1 aromatic heterocycles. The second kappa shape index (κ2) is 9.87. The van der Waals surface area contributed by atoms with Gasteiger partial charge < -0.3 is 10.2 Å². The van der Waals surface area contributed by atoms with Gasteiger partial charge in [-0.2, -0.15) is 10.1 Å². The van der Waals surface area contributed by atoms with E-state index in [9.17, 15) is 0 Å². The van der Waals surface area contributed by atoms with Crippen LogP contribution in [0.4, 0.5) is 11.8 Å². The van der Waals surface area contributed by atoms with Crippen molar-refractivity contribution in [3.05, 3.63) is 48.2 Å². The van der Waals surface area contributed by atoms with Gasteiger partial charge >= 0.3 is 0 Å². The Kier molecular flexibility index (Phi) is 6.96. The fourth-order valence-corrected chi connectivity index (χ4v) is 2.96. The molecule has 138 valence electrons. The van der Waals surface area contributed by atoms with Crippen LogP contribution in [0.15, 0.2) is 42.6 Å². The first-order chi connectivity index (χ1) is 12.8. The smallest absolute Gasteiger partial charge is 0.244 e. The number of nitrogens with one attached hydrogen (secondary N) is 1. The van der Waals surface area contributed by atoms with Crippen LogP contribution in [0.1, 0.15) is 25.3 Å². The van der Waals surface area contributed by atoms with Crippen molar-refractivity contribution in [3.63, 3.8) is 0 Å². The first-order valence-electron chi connectivity index (χ1n) is 9.47. The third-order valence-electron chi connectivity index (χ3n) is 4.53. The predicted molar refractivity (Wildman–Crippen MR) is 107 cm³/mol. The Morgan fingerprint density at radius 2 is 1.92 bits per heavy atom. The van der Waals surface area contributed by atoms with Crippen LogP contribution in [0, 0.1) is 0 Å². The van der Waals surface area contributed by atoms with Crippen molar-refractivity contribution < 1.29 is 0 Å². The molecule has 0 saturated carbocycles. The maximum absolute atomic E-state index is 4.60. The Morgan fingerprint density at radius 3 is 2.69 bits per heavy atom. The molecule has 0 spiro atoms. The molecule has 6 heteroatoms. The summed E-state index contributed by atoms with van der Waals surface area (Å²) in [5.41, 5.74) is 1.25. The van der Waals surface area contributed by atoms with E-state index < -0.39 is 0 Å². The van der Waals surface area contributed by atoms with Crippen molar-refractivity contribution in [1.82, 2.24) is 20.1 Å². The van der Waals surface area contributed by atoms with Crippen LogP contribution in [-0.4, -0.2) is 59.3 Å². The summed E-state index contributed by atoms with van der Waals surface area (Å²) < 4.78 is 0. The minimum Gasteiger partial charge on any atom is -0.353 e. The van der Waals surface area contributed by atoms with E-state index in [4.69, 9.17) is 0 Å². The Morgan fingerprint density at radius 1 is 1.12 bits per heavy atom. The van der Waals surface area contributed by atoms with Crippen molar-refractivity contribution in [2.24, 2.45) is 0 Å². The molecular weight excluding hydrogens is 324 g/mol. The topological polar surface area (TPSA) is 57.2 Å². The van der Waals surface area contributed by atoms with Crippen molar-refractivity contribution >= 4 is 17.8 Å². The maximum atomic E-state index is 4.60. The van der Waals surface area contributed by atoms with Gasteiger partial charge in [0.1, 0.15) is 0 Å². The molecule has 1 N–H and O–H groups in total. The van der Waals surface area contributed by atoms with Crippen molar-refractivity contribution in [3.8, 4) is 0 Å². The maximum Gasteiger partial charge on any atom is 0.244 e. The molecule has 0 amide bonds. The van der Waals surface area contributed by atoms with Crippen molar-refractivity contribution in [1.29, 1.82) is 0 Å². The molecule has 0 unspecified atom stereocenters. The van der Waals surface area contributed by atoms with Gasteiger partial charge in [0.15, 0.2) is 5.82 Å². The Bertz CT molecular complexity index is 680. The summed E-state index contributed by atoms with van der Waals surface area (Å²) in [4.78, 5) is 9.36. The lowest BCUT2D eigenvalue weighted by Gasteiger charge is -2.34. The quantitative estimate of drug-likeness (QED) is 0.737. The third kappa shape index (κ3) is 5.52. The molecule has 0 atom stereocenters. The zero-order valence-corrected chi connectivity index (χ0v) is 15.5. The zero-order chi connectivity index (χ0) is 18.0. The highest BCUT2D eigenvalue weighted by molar-refractivity contribution is 5.48. The normalized spacial score (nSPS) is 15.5. The fourth-order valence-electron chi connectivity index (χ4n) is 2.96. The lowest BCUT2D eigenvalue weighted by atomic mass is 10.2. The standard InChI is InChI=1S/C20H28N6/c1-2-3-11-21-20-23-19(17-22-24-20)26-15-13-25(14-16-26)12-7-10-18-8-5-4-6-9-18/h4-10,17H,2-3,11-16H2,1H3,(H,21,23,24)/b10-7+. The molecule has 1 fully saturated rings. The predicted octanol–water partition coefficient (Wildman–Crippen LogP) is 2.92. The molecule has 3 rings (SSSR count). The van der Waals surface area contributed by atoms with Crippen molar-refractivity contribution in [2.75, 3.05) is 49.5 Å². The second-order valence-corrected chi connectivity index (χ2v) is 6.52. The average molecular weight is 352 g/mol. The molecular formula is C20H28N6. The van der Waals surface area contributed by atoms with Crippen LogP contribution in [0.25, 0.3) is 6.08 Å². The van der Waals surface area contributed by atoms with E-state index in [2.05, 4.69) is 73.6 Å². The highest BCUT2D eigenvalue weighted by Gasteiger charge is 2.17. The van der Waals surface area contributed by atoms with E-state index in [1.807, 2.05) is 6.07 Å². The van der Waals surface area contributed by atoms with Crippen LogP contribution in [0.2, 0.25) is 0 Å². The van der Waals surface area contributed by atoms with Crippen LogP contribution >= 0.6 is 0 Å². The number of piperazine rings is 1. The van der Waals surface area contributed by atoms with Gasteiger partial charge in [-0.05, 0) is 12.0 Å². The van der Waals surface area contributed by atoms with Gasteiger partial charge in [0.25, 0.3) is 0 Å². The van der Waals surface area contributed by atoms with E-state index in [0.29, 0.717) is 5.95 Å². The average Bonchev–Trinajstić information content (AvgIpc) is 2.70. The summed E-state index contributed by atoms with van der Waals surface area (Å²) >= 11 is 0. The Hall–Kier alpha value is -2.47. The largest absolute Gasteiger partial charge is 0.353 e. The van der Waals surface area contributed by atoms with Gasteiger partial charge in [-0.1, -0.05) is 55.8 Å². The number of benzene rings is 1. The van der Waals surface area contributed by atoms with Crippen LogP contribution in [0.3, 0.4) is 0 Å². The van der Waals surface area contributed by atoms with E-state index >= 15 is 0 Å².